The fourth-order valence-corrected chi connectivity index (χ4v) is 1.52. The maximum Gasteiger partial charge on any atom is 0.361 e. The van der Waals surface area contributed by atoms with Crippen LogP contribution in [0.5, 0.6) is 0 Å². The Kier molecular flexibility index (Phi) is 7.55. The number of likely N-dealkylation sites (N-methyl/N-ethyl adjacent to an activating group) is 1. The highest BCUT2D eigenvalue weighted by Gasteiger charge is 2.18. The van der Waals surface area contributed by atoms with Gasteiger partial charge >= 0.3 is 5.97 Å². The fraction of sp³-hybridized carbons (Fsp3) is 0.357. The molecule has 0 radical (unpaired) electrons. The zero-order valence-corrected chi connectivity index (χ0v) is 12.7. The lowest BCUT2D eigenvalue weighted by Gasteiger charge is -2.26. The Labute approximate surface area is 119 Å². The van der Waals surface area contributed by atoms with E-state index >= 15 is 0 Å². The van der Waals surface area contributed by atoms with E-state index in [1.807, 2.05) is 32.3 Å². The predicted molar refractivity (Wildman–Crippen MR) is 69.3 cm³/mol. The van der Waals surface area contributed by atoms with Crippen LogP contribution in [0.4, 0.5) is 0 Å². The first-order valence-corrected chi connectivity index (χ1v) is 5.64. The average molecular weight is 314 g/mol. The van der Waals surface area contributed by atoms with Gasteiger partial charge in [0.1, 0.15) is 0 Å². The van der Waals surface area contributed by atoms with Crippen LogP contribution in [0, 0.1) is 0 Å². The lowest BCUT2D eigenvalue weighted by atomic mass is 10.2. The Balaban J connectivity index is 0.00000289. The van der Waals surface area contributed by atoms with Gasteiger partial charge in [-0.15, -0.1) is 0 Å². The van der Waals surface area contributed by atoms with Crippen LogP contribution in [0.2, 0.25) is 0 Å². The Morgan fingerprint density at radius 2 is 1.89 bits per heavy atom. The van der Waals surface area contributed by atoms with Crippen molar-refractivity contribution in [1.29, 1.82) is 0 Å². The molecule has 0 aromatic heterocycles. The summed E-state index contributed by atoms with van der Waals surface area (Å²) in [4.78, 5) is 11.2. The maximum atomic E-state index is 11.2. The quantitative estimate of drug-likeness (QED) is 0.512. The summed E-state index contributed by atoms with van der Waals surface area (Å²) >= 11 is 0. The first-order valence-electron chi connectivity index (χ1n) is 5.64. The Hall–Kier alpha value is -1.13. The molecule has 0 fully saturated rings. The van der Waals surface area contributed by atoms with Crippen LogP contribution in [-0.2, 0) is 9.53 Å². The van der Waals surface area contributed by atoms with Crippen LogP contribution in [0.15, 0.2) is 36.4 Å². The molecule has 0 saturated carbocycles. The minimum Gasteiger partial charge on any atom is -1.00 e. The van der Waals surface area contributed by atoms with E-state index in [2.05, 4.69) is 29.0 Å². The van der Waals surface area contributed by atoms with Crippen molar-refractivity contribution in [2.24, 2.45) is 0 Å². The van der Waals surface area contributed by atoms with E-state index in [9.17, 15) is 4.79 Å². The Morgan fingerprint density at radius 3 is 2.44 bits per heavy atom. The zero-order chi connectivity index (χ0) is 12.7. The molecule has 18 heavy (non-hydrogen) atoms. The van der Waals surface area contributed by atoms with Crippen molar-refractivity contribution in [1.82, 2.24) is 0 Å². The third-order valence-electron chi connectivity index (χ3n) is 2.49. The summed E-state index contributed by atoms with van der Waals surface area (Å²) in [7, 11) is 5.43. The molecular formula is C14H20BrNO2. The van der Waals surface area contributed by atoms with E-state index in [1.165, 1.54) is 12.7 Å². The van der Waals surface area contributed by atoms with E-state index in [-0.39, 0.29) is 23.0 Å². The first-order chi connectivity index (χ1) is 8.03. The zero-order valence-electron chi connectivity index (χ0n) is 11.1. The number of rotatable bonds is 5. The highest BCUT2D eigenvalue weighted by atomic mass is 79.9. The van der Waals surface area contributed by atoms with Gasteiger partial charge in [-0.3, -0.25) is 0 Å². The van der Waals surface area contributed by atoms with Gasteiger partial charge in [0.15, 0.2) is 6.54 Å². The average Bonchev–Trinajstić information content (AvgIpc) is 2.29. The summed E-state index contributed by atoms with van der Waals surface area (Å²) < 4.78 is 5.27. The van der Waals surface area contributed by atoms with Crippen molar-refractivity contribution in [3.8, 4) is 0 Å². The molecule has 1 rings (SSSR count). The number of nitrogens with zero attached hydrogens (tertiary/aromatic N) is 1. The molecule has 0 N–H and O–H groups in total. The number of carbonyl (C=O) groups is 1. The lowest BCUT2D eigenvalue weighted by Crippen LogP contribution is -3.00. The second-order valence-electron chi connectivity index (χ2n) is 4.67. The molecular weight excluding hydrogens is 294 g/mol. The Bertz CT molecular complexity index is 388. The van der Waals surface area contributed by atoms with Crippen LogP contribution in [0.25, 0.3) is 6.08 Å². The van der Waals surface area contributed by atoms with E-state index in [0.29, 0.717) is 11.0 Å². The maximum absolute atomic E-state index is 11.2. The predicted octanol–water partition coefficient (Wildman–Crippen LogP) is -1.05. The number of methoxy groups -OCH3 is 1. The van der Waals surface area contributed by atoms with Gasteiger partial charge in [-0.05, 0) is 11.6 Å². The number of esters is 1. The first kappa shape index (κ1) is 16.9. The van der Waals surface area contributed by atoms with Crippen molar-refractivity contribution < 1.29 is 31.0 Å². The highest BCUT2D eigenvalue weighted by molar-refractivity contribution is 5.70. The van der Waals surface area contributed by atoms with Crippen molar-refractivity contribution in [3.63, 3.8) is 0 Å². The molecule has 0 aliphatic rings. The molecule has 0 amide bonds. The number of ether oxygens (including phenoxy) is 1. The van der Waals surface area contributed by atoms with Crippen LogP contribution >= 0.6 is 0 Å². The van der Waals surface area contributed by atoms with E-state index in [4.69, 9.17) is 0 Å². The van der Waals surface area contributed by atoms with Gasteiger partial charge in [0.25, 0.3) is 0 Å². The van der Waals surface area contributed by atoms with E-state index < -0.39 is 0 Å². The molecule has 4 heteroatoms. The van der Waals surface area contributed by atoms with Crippen LogP contribution in [0.3, 0.4) is 0 Å². The lowest BCUT2D eigenvalue weighted by molar-refractivity contribution is -0.877. The van der Waals surface area contributed by atoms with Crippen LogP contribution in [-0.4, -0.2) is 44.7 Å². The van der Waals surface area contributed by atoms with Gasteiger partial charge in [-0.1, -0.05) is 36.4 Å². The van der Waals surface area contributed by atoms with Crippen molar-refractivity contribution in [2.75, 3.05) is 34.3 Å². The normalized spacial score (nSPS) is 11.1. The van der Waals surface area contributed by atoms with Gasteiger partial charge in [0.2, 0.25) is 0 Å². The molecule has 0 bridgehead atoms. The van der Waals surface area contributed by atoms with Gasteiger partial charge in [-0.25, -0.2) is 4.79 Å². The van der Waals surface area contributed by atoms with Gasteiger partial charge in [-0.2, -0.15) is 0 Å². The summed E-state index contributed by atoms with van der Waals surface area (Å²) in [6.07, 6.45) is 4.15. The molecule has 0 spiro atoms. The fourth-order valence-electron chi connectivity index (χ4n) is 1.52. The SMILES string of the molecule is COC(=O)C[N+](C)(C)C/C=C\c1ccccc1.[Br-]. The molecule has 1 aromatic rings. The molecule has 0 unspecified atom stereocenters. The second kappa shape index (κ2) is 8.06. The summed E-state index contributed by atoms with van der Waals surface area (Å²) in [5, 5.41) is 0. The number of hydrogen-bond acceptors (Lipinski definition) is 2. The molecule has 0 aliphatic heterocycles. The summed E-state index contributed by atoms with van der Waals surface area (Å²) in [6.45, 7) is 1.18. The minimum atomic E-state index is -0.178. The third-order valence-corrected chi connectivity index (χ3v) is 2.49. The smallest absolute Gasteiger partial charge is 0.361 e. The van der Waals surface area contributed by atoms with Crippen molar-refractivity contribution in [2.45, 2.75) is 0 Å². The minimum absolute atomic E-state index is 0. The molecule has 0 atom stereocenters. The second-order valence-corrected chi connectivity index (χ2v) is 4.67. The van der Waals surface area contributed by atoms with E-state index in [1.54, 1.807) is 0 Å². The van der Waals surface area contributed by atoms with Gasteiger partial charge < -0.3 is 26.2 Å². The van der Waals surface area contributed by atoms with Crippen LogP contribution < -0.4 is 17.0 Å². The molecule has 3 nitrogen and oxygen atoms in total. The summed E-state index contributed by atoms with van der Waals surface area (Å²) in [6, 6.07) is 10.1. The number of carbonyl (C=O) groups excluding carboxylic acids is 1. The standard InChI is InChI=1S/C14H20NO2.BrH/c1-15(2,12-14(16)17-3)11-7-10-13-8-5-4-6-9-13;/h4-10H,11-12H2,1-3H3;1H/q+1;/p-1/b10-7-;. The molecule has 100 valence electrons. The van der Waals surface area contributed by atoms with Gasteiger partial charge in [0, 0.05) is 0 Å². The van der Waals surface area contributed by atoms with Gasteiger partial charge in [0.05, 0.1) is 27.7 Å². The molecule has 1 aromatic carbocycles. The number of benzene rings is 1. The van der Waals surface area contributed by atoms with Crippen molar-refractivity contribution >= 4 is 12.0 Å². The summed E-state index contributed by atoms with van der Waals surface area (Å²) in [5.74, 6) is -0.178. The topological polar surface area (TPSA) is 26.3 Å². The third kappa shape index (κ3) is 6.57. The molecule has 0 heterocycles. The monoisotopic (exact) mass is 313 g/mol. The van der Waals surface area contributed by atoms with Crippen LogP contribution in [0.1, 0.15) is 5.56 Å². The largest absolute Gasteiger partial charge is 1.00 e. The number of quaternary nitrogens is 1. The van der Waals surface area contributed by atoms with E-state index in [0.717, 1.165) is 6.54 Å². The summed E-state index contributed by atoms with van der Waals surface area (Å²) in [5.41, 5.74) is 1.17. The Morgan fingerprint density at radius 1 is 1.28 bits per heavy atom. The number of hydrogen-bond donors (Lipinski definition) is 0. The molecule has 0 aliphatic carbocycles. The van der Waals surface area contributed by atoms with Crippen molar-refractivity contribution in [3.05, 3.63) is 42.0 Å². The molecule has 0 saturated heterocycles. The number of halogens is 1. The highest BCUT2D eigenvalue weighted by Crippen LogP contribution is 2.03.